The van der Waals surface area contributed by atoms with Crippen LogP contribution in [0, 0.1) is 25.2 Å². The highest BCUT2D eigenvalue weighted by Crippen LogP contribution is 2.46. The highest BCUT2D eigenvalue weighted by Gasteiger charge is 2.45. The molecule has 0 spiro atoms. The van der Waals surface area contributed by atoms with Crippen LogP contribution in [0.25, 0.3) is 16.3 Å². The van der Waals surface area contributed by atoms with E-state index >= 15 is 4.39 Å². The Labute approximate surface area is 228 Å². The number of benzene rings is 3. The summed E-state index contributed by atoms with van der Waals surface area (Å²) < 4.78 is 36.3. The first-order chi connectivity index (χ1) is 18.5. The Bertz CT molecular complexity index is 1590. The molecule has 0 radical (unpaired) electrons. The number of rotatable bonds is 7. The van der Waals surface area contributed by atoms with Crippen molar-refractivity contribution in [3.8, 4) is 11.5 Å². The Balaban J connectivity index is 1.49. The van der Waals surface area contributed by atoms with E-state index in [2.05, 4.69) is 48.5 Å². The minimum atomic E-state index is -1.61. The summed E-state index contributed by atoms with van der Waals surface area (Å²) in [6.45, 7) is 13.5. The van der Waals surface area contributed by atoms with Crippen LogP contribution in [0.5, 0.6) is 0 Å². The van der Waals surface area contributed by atoms with Gasteiger partial charge in [-0.15, -0.1) is 5.10 Å². The topological polar surface area (TPSA) is 55.6 Å². The molecule has 5 rings (SSSR count). The van der Waals surface area contributed by atoms with Crippen molar-refractivity contribution < 1.29 is 13.2 Å². The molecule has 4 aromatic rings. The van der Waals surface area contributed by atoms with Crippen molar-refractivity contribution in [2.75, 3.05) is 13.1 Å². The van der Waals surface area contributed by atoms with Crippen LogP contribution >= 0.6 is 9.39 Å². The van der Waals surface area contributed by atoms with Gasteiger partial charge >= 0.3 is 5.76 Å². The lowest BCUT2D eigenvalue weighted by Crippen LogP contribution is -2.53. The summed E-state index contributed by atoms with van der Waals surface area (Å²) in [7, 11) is 2.20. The van der Waals surface area contributed by atoms with E-state index in [0.29, 0.717) is 24.2 Å². The summed E-state index contributed by atoms with van der Waals surface area (Å²) in [4.78, 5) is 17.5. The zero-order valence-electron chi connectivity index (χ0n) is 21.9. The van der Waals surface area contributed by atoms with Gasteiger partial charge in [-0.05, 0) is 77.0 Å². The number of aromatic nitrogens is 2. The minimum Gasteiger partial charge on any atom is -0.387 e. The molecular weight excluding hydrogens is 517 g/mol. The highest BCUT2D eigenvalue weighted by atomic mass is 31.0. The molecule has 1 aliphatic rings. The van der Waals surface area contributed by atoms with E-state index < -0.39 is 23.2 Å². The second-order valence-corrected chi connectivity index (χ2v) is 11.2. The molecule has 3 aromatic carbocycles. The standard InChI is InChI=1S/C30H29F2N4O2P/c1-18-8-10-19(11-9-18)27(20-6-5-7-21(12-20)28-34-36(39)29(37)38-28)35-16-23(17-35)26(30(2,3)32)22-13-24(31)15-25(14-22)33-4/h5-15,23,26-27H,16-17,39H2,1-3H3/t26-,27+/m1/s1. The van der Waals surface area contributed by atoms with Crippen LogP contribution in [0.4, 0.5) is 14.5 Å². The molecule has 1 unspecified atom stereocenters. The molecule has 0 aliphatic carbocycles. The van der Waals surface area contributed by atoms with Gasteiger partial charge in [0.05, 0.1) is 12.6 Å². The maximum atomic E-state index is 15.6. The van der Waals surface area contributed by atoms with Gasteiger partial charge in [-0.2, -0.15) is 4.45 Å². The number of aryl methyl sites for hydroxylation is 1. The van der Waals surface area contributed by atoms with E-state index in [4.69, 9.17) is 11.0 Å². The summed E-state index contributed by atoms with van der Waals surface area (Å²) >= 11 is 0. The third-order valence-electron chi connectivity index (χ3n) is 7.32. The van der Waals surface area contributed by atoms with Gasteiger partial charge in [-0.1, -0.05) is 48.0 Å². The summed E-state index contributed by atoms with van der Waals surface area (Å²) in [5.74, 6) is -1.53. The fourth-order valence-corrected chi connectivity index (χ4v) is 5.81. The lowest BCUT2D eigenvalue weighted by Gasteiger charge is -2.50. The molecule has 1 aliphatic heterocycles. The van der Waals surface area contributed by atoms with E-state index in [-0.39, 0.29) is 23.5 Å². The number of nitrogens with zero attached hydrogens (tertiary/aromatic N) is 4. The molecule has 0 N–H and O–H groups in total. The van der Waals surface area contributed by atoms with Crippen molar-refractivity contribution in [3.63, 3.8) is 0 Å². The van der Waals surface area contributed by atoms with Crippen molar-refractivity contribution in [1.82, 2.24) is 14.5 Å². The average Bonchev–Trinajstić information content (AvgIpc) is 3.20. The van der Waals surface area contributed by atoms with E-state index in [1.807, 2.05) is 31.2 Å². The SMILES string of the molecule is [C-]#[N+]c1cc(F)cc([C@H](C2CN([C@@H](c3ccc(C)cc3)c3cccc(-c4nn(P)c(=O)o4)c3)C2)C(C)(C)F)c1. The van der Waals surface area contributed by atoms with Crippen molar-refractivity contribution in [1.29, 1.82) is 0 Å². The van der Waals surface area contributed by atoms with Crippen LogP contribution in [-0.4, -0.2) is 33.2 Å². The molecule has 9 heteroatoms. The summed E-state index contributed by atoms with van der Waals surface area (Å²) in [5.41, 5.74) is 2.94. The third kappa shape index (κ3) is 5.56. The Kier molecular flexibility index (Phi) is 7.24. The van der Waals surface area contributed by atoms with E-state index in [0.717, 1.165) is 21.1 Å². The monoisotopic (exact) mass is 546 g/mol. The van der Waals surface area contributed by atoms with Gasteiger partial charge in [0.2, 0.25) is 5.89 Å². The Morgan fingerprint density at radius 3 is 2.41 bits per heavy atom. The first-order valence-corrected chi connectivity index (χ1v) is 13.2. The van der Waals surface area contributed by atoms with Crippen LogP contribution in [0.1, 0.15) is 48.1 Å². The first-order valence-electron chi connectivity index (χ1n) is 12.7. The molecule has 0 amide bonds. The molecule has 0 saturated carbocycles. The van der Waals surface area contributed by atoms with Crippen LogP contribution in [-0.2, 0) is 0 Å². The van der Waals surface area contributed by atoms with Gasteiger partial charge in [0.25, 0.3) is 0 Å². The van der Waals surface area contributed by atoms with Crippen molar-refractivity contribution in [2.24, 2.45) is 5.92 Å². The minimum absolute atomic E-state index is 0.0765. The molecule has 3 atom stereocenters. The van der Waals surface area contributed by atoms with Crippen molar-refractivity contribution in [2.45, 2.75) is 38.4 Å². The molecule has 1 saturated heterocycles. The normalized spacial score (nSPS) is 15.9. The predicted molar refractivity (Wildman–Crippen MR) is 150 cm³/mol. The zero-order chi connectivity index (χ0) is 27.9. The number of likely N-dealkylation sites (tertiary alicyclic amines) is 1. The molecule has 1 fully saturated rings. The van der Waals surface area contributed by atoms with Crippen LogP contribution in [0.15, 0.2) is 75.9 Å². The molecule has 6 nitrogen and oxygen atoms in total. The van der Waals surface area contributed by atoms with E-state index in [1.165, 1.54) is 26.0 Å². The summed E-state index contributed by atoms with van der Waals surface area (Å²) in [5, 5.41) is 4.15. The van der Waals surface area contributed by atoms with Gasteiger partial charge in [-0.25, -0.2) is 18.4 Å². The van der Waals surface area contributed by atoms with Crippen LogP contribution in [0.2, 0.25) is 0 Å². The van der Waals surface area contributed by atoms with Gasteiger partial charge < -0.3 is 4.42 Å². The van der Waals surface area contributed by atoms with Gasteiger partial charge in [0.15, 0.2) is 5.69 Å². The number of alkyl halides is 1. The van der Waals surface area contributed by atoms with Crippen molar-refractivity contribution in [3.05, 3.63) is 117 Å². The summed E-state index contributed by atoms with van der Waals surface area (Å²) in [6.07, 6.45) is 0. The number of halogens is 2. The quantitative estimate of drug-likeness (QED) is 0.191. The lowest BCUT2D eigenvalue weighted by molar-refractivity contribution is 0.00816. The fraction of sp³-hybridized carbons (Fsp3) is 0.300. The van der Waals surface area contributed by atoms with Crippen molar-refractivity contribution >= 4 is 15.1 Å². The van der Waals surface area contributed by atoms with Crippen LogP contribution in [0.3, 0.4) is 0 Å². The Morgan fingerprint density at radius 1 is 1.08 bits per heavy atom. The molecular formula is C30H29F2N4O2P. The largest absolute Gasteiger partial charge is 0.440 e. The molecule has 39 heavy (non-hydrogen) atoms. The highest BCUT2D eigenvalue weighted by molar-refractivity contribution is 7.14. The summed E-state index contributed by atoms with van der Waals surface area (Å²) in [6, 6.07) is 20.0. The second-order valence-electron chi connectivity index (χ2n) is 10.7. The third-order valence-corrected chi connectivity index (χ3v) is 7.65. The maximum Gasteiger partial charge on any atom is 0.440 e. The average molecular weight is 547 g/mol. The molecule has 1 aromatic heterocycles. The molecule has 2 heterocycles. The Morgan fingerprint density at radius 2 is 1.79 bits per heavy atom. The zero-order valence-corrected chi connectivity index (χ0v) is 23.1. The van der Waals surface area contributed by atoms with E-state index in [9.17, 15) is 9.18 Å². The number of hydrogen-bond donors (Lipinski definition) is 0. The van der Waals surface area contributed by atoms with Crippen LogP contribution < -0.4 is 5.76 Å². The molecule has 0 bridgehead atoms. The van der Waals surface area contributed by atoms with Gasteiger partial charge in [0.1, 0.15) is 11.5 Å². The first kappa shape index (κ1) is 26.9. The fourth-order valence-electron chi connectivity index (χ4n) is 5.65. The maximum absolute atomic E-state index is 15.6. The molecule has 200 valence electrons. The predicted octanol–water partition coefficient (Wildman–Crippen LogP) is 6.69. The van der Waals surface area contributed by atoms with E-state index in [1.54, 1.807) is 6.07 Å². The lowest BCUT2D eigenvalue weighted by atomic mass is 9.72. The second kappa shape index (κ2) is 10.5. The number of hydrogen-bond acceptors (Lipinski definition) is 4. The Hall–Kier alpha value is -3.66. The van der Waals surface area contributed by atoms with Gasteiger partial charge in [-0.3, -0.25) is 4.90 Å². The van der Waals surface area contributed by atoms with Gasteiger partial charge in [0, 0.05) is 24.6 Å². The smallest absolute Gasteiger partial charge is 0.387 e.